The Balaban J connectivity index is 2.66. The van der Waals surface area contributed by atoms with Crippen molar-refractivity contribution in [1.29, 1.82) is 0 Å². The predicted octanol–water partition coefficient (Wildman–Crippen LogP) is 2.47. The van der Waals surface area contributed by atoms with Gasteiger partial charge in [-0.3, -0.25) is 9.36 Å². The van der Waals surface area contributed by atoms with E-state index in [1.807, 2.05) is 0 Å². The van der Waals surface area contributed by atoms with Gasteiger partial charge in [0.15, 0.2) is 0 Å². The van der Waals surface area contributed by atoms with Crippen LogP contribution in [0.5, 0.6) is 0 Å². The van der Waals surface area contributed by atoms with Gasteiger partial charge in [0.1, 0.15) is 0 Å². The van der Waals surface area contributed by atoms with E-state index in [9.17, 15) is 4.79 Å². The molecule has 0 aromatic rings. The number of rotatable bonds is 8. The van der Waals surface area contributed by atoms with Crippen LogP contribution in [0.25, 0.3) is 0 Å². The van der Waals surface area contributed by atoms with Gasteiger partial charge in [0.05, 0.1) is 6.54 Å². The monoisotopic (exact) mass is 319 g/mol. The highest BCUT2D eigenvalue weighted by Crippen LogP contribution is 2.28. The first-order valence-corrected chi connectivity index (χ1v) is 12.1. The van der Waals surface area contributed by atoms with Crippen LogP contribution in [0.2, 0.25) is 24.2 Å². The molecule has 118 valence electrons. The van der Waals surface area contributed by atoms with Gasteiger partial charge < -0.3 is 13.3 Å². The van der Waals surface area contributed by atoms with E-state index in [4.69, 9.17) is 13.3 Å². The molecular weight excluding hydrogens is 290 g/mol. The van der Waals surface area contributed by atoms with E-state index in [2.05, 4.69) is 25.3 Å². The Labute approximate surface area is 125 Å². The van der Waals surface area contributed by atoms with Gasteiger partial charge in [0, 0.05) is 20.3 Å². The molecule has 0 atom stereocenters. The second-order valence-electron chi connectivity index (χ2n) is 5.36. The van der Waals surface area contributed by atoms with Crippen molar-refractivity contribution in [1.82, 2.24) is 4.57 Å². The maximum atomic E-state index is 12.3. The molecule has 0 amide bonds. The van der Waals surface area contributed by atoms with Crippen LogP contribution in [0, 0.1) is 0 Å². The third-order valence-electron chi connectivity index (χ3n) is 4.62. The van der Waals surface area contributed by atoms with Crippen LogP contribution in [-0.2, 0) is 18.1 Å². The predicted molar refractivity (Wildman–Crippen MR) is 84.1 cm³/mol. The number of hydrogen-bond donors (Lipinski definition) is 0. The Kier molecular flexibility index (Phi) is 6.86. The first-order valence-electron chi connectivity index (χ1n) is 7.58. The van der Waals surface area contributed by atoms with Crippen LogP contribution in [0.4, 0.5) is 0 Å². The Hall–Kier alpha value is -0.216. The molecule has 0 radical (unpaired) electrons. The maximum Gasteiger partial charge on any atom is 0.427 e. The summed E-state index contributed by atoms with van der Waals surface area (Å²) in [6.07, 6.45) is 1.03. The SMILES string of the molecule is CC[Si](CC)(CC)OC(=O)CN1CCC[Si]1(OC)OC. The molecule has 7 heteroatoms. The lowest BCUT2D eigenvalue weighted by Crippen LogP contribution is -2.55. The van der Waals surface area contributed by atoms with Crippen LogP contribution >= 0.6 is 0 Å². The molecule has 0 unspecified atom stereocenters. The summed E-state index contributed by atoms with van der Waals surface area (Å²) < 4.78 is 19.2. The zero-order valence-electron chi connectivity index (χ0n) is 13.5. The van der Waals surface area contributed by atoms with Crippen molar-refractivity contribution in [3.63, 3.8) is 0 Å². The van der Waals surface area contributed by atoms with Crippen LogP contribution in [0.3, 0.4) is 0 Å². The first-order chi connectivity index (χ1) is 9.51. The lowest BCUT2D eigenvalue weighted by Gasteiger charge is -2.33. The Morgan fingerprint density at radius 3 is 2.15 bits per heavy atom. The molecule has 0 aromatic heterocycles. The summed E-state index contributed by atoms with van der Waals surface area (Å²) in [6.45, 7) is 7.56. The average Bonchev–Trinajstić information content (AvgIpc) is 2.88. The van der Waals surface area contributed by atoms with Gasteiger partial charge in [-0.25, -0.2) is 0 Å². The molecule has 0 N–H and O–H groups in total. The smallest absolute Gasteiger partial charge is 0.427 e. The highest BCUT2D eigenvalue weighted by molar-refractivity contribution is 6.75. The summed E-state index contributed by atoms with van der Waals surface area (Å²) in [5.74, 6) is -0.102. The summed E-state index contributed by atoms with van der Waals surface area (Å²) in [4.78, 5) is 12.3. The molecular formula is C13H29NO4Si2. The van der Waals surface area contributed by atoms with E-state index < -0.39 is 17.0 Å². The third-order valence-corrected chi connectivity index (χ3v) is 12.8. The average molecular weight is 320 g/mol. The van der Waals surface area contributed by atoms with Crippen molar-refractivity contribution in [2.24, 2.45) is 0 Å². The molecule has 1 saturated heterocycles. The fourth-order valence-corrected chi connectivity index (χ4v) is 8.32. The summed E-state index contributed by atoms with van der Waals surface area (Å²) in [6, 6.07) is 3.89. The molecule has 5 nitrogen and oxygen atoms in total. The fraction of sp³-hybridized carbons (Fsp3) is 0.923. The molecule has 1 aliphatic heterocycles. The van der Waals surface area contributed by atoms with Crippen molar-refractivity contribution in [3.8, 4) is 0 Å². The molecule has 0 saturated carbocycles. The molecule has 0 spiro atoms. The van der Waals surface area contributed by atoms with Crippen LogP contribution in [0.15, 0.2) is 0 Å². The van der Waals surface area contributed by atoms with Gasteiger partial charge in [-0.15, -0.1) is 0 Å². The Morgan fingerprint density at radius 1 is 1.15 bits per heavy atom. The fourth-order valence-electron chi connectivity index (χ4n) is 2.96. The lowest BCUT2D eigenvalue weighted by atomic mass is 10.5. The second-order valence-corrected chi connectivity index (χ2v) is 13.4. The van der Waals surface area contributed by atoms with Crippen molar-refractivity contribution in [2.45, 2.75) is 51.4 Å². The Morgan fingerprint density at radius 2 is 1.70 bits per heavy atom. The number of nitrogens with zero attached hydrogens (tertiary/aromatic N) is 1. The molecule has 0 bridgehead atoms. The largest absolute Gasteiger partial charge is 0.518 e. The molecule has 20 heavy (non-hydrogen) atoms. The first kappa shape index (κ1) is 17.8. The quantitative estimate of drug-likeness (QED) is 0.643. The third kappa shape index (κ3) is 3.70. The van der Waals surface area contributed by atoms with Crippen molar-refractivity contribution < 1.29 is 18.1 Å². The van der Waals surface area contributed by atoms with Crippen molar-refractivity contribution in [2.75, 3.05) is 27.3 Å². The number of carbonyl (C=O) groups excluding carboxylic acids is 1. The highest BCUT2D eigenvalue weighted by Gasteiger charge is 2.48. The summed E-state index contributed by atoms with van der Waals surface area (Å²) in [5, 5.41) is 0. The van der Waals surface area contributed by atoms with E-state index in [1.165, 1.54) is 0 Å². The minimum absolute atomic E-state index is 0.102. The van der Waals surface area contributed by atoms with Crippen LogP contribution < -0.4 is 0 Å². The molecule has 1 rings (SSSR count). The van der Waals surface area contributed by atoms with Gasteiger partial charge in [-0.05, 0) is 31.1 Å². The normalized spacial score (nSPS) is 19.2. The number of carbonyl (C=O) groups is 1. The number of hydrogen-bond acceptors (Lipinski definition) is 5. The van der Waals surface area contributed by atoms with Gasteiger partial charge in [-0.2, -0.15) is 0 Å². The topological polar surface area (TPSA) is 48.0 Å². The molecule has 1 heterocycles. The zero-order chi connectivity index (χ0) is 15.2. The van der Waals surface area contributed by atoms with Gasteiger partial charge in [0.25, 0.3) is 8.32 Å². The maximum absolute atomic E-state index is 12.3. The Bertz CT molecular complexity index is 311. The minimum atomic E-state index is -2.33. The lowest BCUT2D eigenvalue weighted by molar-refractivity contribution is -0.136. The standard InChI is InChI=1S/C13H29NO4Si2/c1-6-19(7-2,8-3)18-13(15)12-14-10-9-11-20(14,16-4)17-5/h6-12H2,1-5H3. The summed E-state index contributed by atoms with van der Waals surface area (Å²) in [5.41, 5.74) is 0. The second kappa shape index (κ2) is 7.70. The van der Waals surface area contributed by atoms with E-state index in [0.29, 0.717) is 6.54 Å². The van der Waals surface area contributed by atoms with Gasteiger partial charge >= 0.3 is 14.7 Å². The zero-order valence-corrected chi connectivity index (χ0v) is 15.5. The van der Waals surface area contributed by atoms with Crippen LogP contribution in [-0.4, -0.2) is 54.9 Å². The minimum Gasteiger partial charge on any atom is -0.518 e. The summed E-state index contributed by atoms with van der Waals surface area (Å²) in [7, 11) is -0.826. The van der Waals surface area contributed by atoms with E-state index in [-0.39, 0.29) is 5.97 Å². The molecule has 0 aromatic carbocycles. The molecule has 0 aliphatic carbocycles. The van der Waals surface area contributed by atoms with Crippen molar-refractivity contribution in [3.05, 3.63) is 0 Å². The molecule has 1 fully saturated rings. The van der Waals surface area contributed by atoms with Crippen molar-refractivity contribution >= 4 is 23.0 Å². The van der Waals surface area contributed by atoms with Crippen LogP contribution in [0.1, 0.15) is 27.2 Å². The summed E-state index contributed by atoms with van der Waals surface area (Å²) >= 11 is 0. The van der Waals surface area contributed by atoms with Gasteiger partial charge in [-0.1, -0.05) is 20.8 Å². The molecule has 1 aliphatic rings. The van der Waals surface area contributed by atoms with Gasteiger partial charge in [0.2, 0.25) is 0 Å². The van der Waals surface area contributed by atoms with E-state index in [0.717, 1.165) is 37.1 Å². The van der Waals surface area contributed by atoms with E-state index in [1.54, 1.807) is 14.2 Å². The van der Waals surface area contributed by atoms with E-state index >= 15 is 0 Å². The highest BCUT2D eigenvalue weighted by atomic mass is 28.4.